The van der Waals surface area contributed by atoms with E-state index in [4.69, 9.17) is 5.73 Å². The molecule has 6 atom stereocenters. The van der Waals surface area contributed by atoms with Crippen molar-refractivity contribution in [3.63, 3.8) is 0 Å². The average Bonchev–Trinajstić information content (AvgIpc) is 2.70. The van der Waals surface area contributed by atoms with E-state index >= 15 is 0 Å². The van der Waals surface area contributed by atoms with E-state index in [-0.39, 0.29) is 11.1 Å². The molecule has 0 aromatic heterocycles. The number of hydrogen-bond donors (Lipinski definition) is 7. The zero-order valence-electron chi connectivity index (χ0n) is 17.1. The molecule has 1 aromatic rings. The van der Waals surface area contributed by atoms with Crippen LogP contribution in [-0.2, 0) is 9.59 Å². The zero-order valence-corrected chi connectivity index (χ0v) is 17.1. The van der Waals surface area contributed by atoms with Gasteiger partial charge in [-0.25, -0.2) is 0 Å². The van der Waals surface area contributed by atoms with Crippen molar-refractivity contribution in [1.29, 1.82) is 0 Å². The maximum Gasteiger partial charge on any atom is 0.255 e. The second kappa shape index (κ2) is 6.87. The Balaban J connectivity index is 2.06. The molecule has 0 bridgehead atoms. The van der Waals surface area contributed by atoms with Crippen molar-refractivity contribution in [1.82, 2.24) is 4.90 Å². The Morgan fingerprint density at radius 1 is 1.12 bits per heavy atom. The van der Waals surface area contributed by atoms with E-state index in [9.17, 15) is 45.0 Å². The number of likely N-dealkylation sites (N-methyl/N-ethyl adjacent to an activating group) is 1. The number of phenols is 1. The Morgan fingerprint density at radius 2 is 1.75 bits per heavy atom. The quantitative estimate of drug-likeness (QED) is 0.264. The molecule has 32 heavy (non-hydrogen) atoms. The van der Waals surface area contributed by atoms with Gasteiger partial charge in [0, 0.05) is 11.5 Å². The third-order valence-electron chi connectivity index (χ3n) is 6.63. The number of carbonyl (C=O) groups excluding carboxylic acids is 3. The van der Waals surface area contributed by atoms with Crippen LogP contribution in [0.15, 0.2) is 40.9 Å². The topological polar surface area (TPSA) is 202 Å². The number of primary amides is 1. The average molecular weight is 446 g/mol. The molecule has 0 unspecified atom stereocenters. The summed E-state index contributed by atoms with van der Waals surface area (Å²) in [7, 11) is 2.85. The number of carbonyl (C=O) groups is 3. The van der Waals surface area contributed by atoms with Crippen molar-refractivity contribution in [2.75, 3.05) is 14.1 Å². The zero-order chi connectivity index (χ0) is 23.9. The first kappa shape index (κ1) is 22.0. The van der Waals surface area contributed by atoms with E-state index < -0.39 is 81.6 Å². The first-order valence-electron chi connectivity index (χ1n) is 9.70. The summed E-state index contributed by atoms with van der Waals surface area (Å²) in [6.07, 6.45) is -3.44. The summed E-state index contributed by atoms with van der Waals surface area (Å²) in [6, 6.07) is 2.53. The number of aromatic hydroxyl groups is 1. The second-order valence-electron chi connectivity index (χ2n) is 8.45. The highest BCUT2D eigenvalue weighted by molar-refractivity contribution is 6.24. The van der Waals surface area contributed by atoms with Crippen LogP contribution in [0, 0.1) is 11.8 Å². The molecule has 8 N–H and O–H groups in total. The van der Waals surface area contributed by atoms with Gasteiger partial charge < -0.3 is 36.4 Å². The monoisotopic (exact) mass is 446 g/mol. The molecule has 1 amide bonds. The Bertz CT molecular complexity index is 1140. The molecule has 170 valence electrons. The van der Waals surface area contributed by atoms with Gasteiger partial charge in [0.1, 0.15) is 22.8 Å². The molecule has 0 spiro atoms. The molecule has 11 heteroatoms. The van der Waals surface area contributed by atoms with Crippen LogP contribution in [0.4, 0.5) is 0 Å². The minimum atomic E-state index is -3.01. The Kier molecular flexibility index (Phi) is 4.72. The number of Topliss-reactive ketones (excluding diaryl/α,β-unsaturated/α-hetero) is 2. The van der Waals surface area contributed by atoms with E-state index in [2.05, 4.69) is 0 Å². The molecule has 11 nitrogen and oxygen atoms in total. The number of phenolic OH excluding ortho intramolecular Hbond substituents is 1. The number of aliphatic hydroxyl groups is 5. The van der Waals surface area contributed by atoms with Gasteiger partial charge in [-0.2, -0.15) is 0 Å². The Labute approximate surface area is 181 Å². The minimum absolute atomic E-state index is 0.0119. The number of ketones is 2. The van der Waals surface area contributed by atoms with Crippen LogP contribution in [0.25, 0.3) is 0 Å². The van der Waals surface area contributed by atoms with Crippen molar-refractivity contribution in [3.05, 3.63) is 52.0 Å². The van der Waals surface area contributed by atoms with Gasteiger partial charge in [0.2, 0.25) is 5.78 Å². The van der Waals surface area contributed by atoms with E-state index in [1.165, 1.54) is 37.2 Å². The Morgan fingerprint density at radius 3 is 2.31 bits per heavy atom. The third kappa shape index (κ3) is 2.47. The first-order valence-corrected chi connectivity index (χ1v) is 9.70. The van der Waals surface area contributed by atoms with Crippen molar-refractivity contribution < 1.29 is 45.0 Å². The van der Waals surface area contributed by atoms with Crippen LogP contribution in [0.1, 0.15) is 22.0 Å². The lowest BCUT2D eigenvalue weighted by atomic mass is 9.56. The number of nitrogens with two attached hydrogens (primary N) is 1. The number of fused-ring (bicyclic) bond motifs is 3. The normalized spacial score (nSPS) is 34.4. The fourth-order valence-corrected chi connectivity index (χ4v) is 5.25. The van der Waals surface area contributed by atoms with Crippen molar-refractivity contribution >= 4 is 17.5 Å². The number of hydrogen-bond acceptors (Lipinski definition) is 10. The molecule has 0 fully saturated rings. The third-order valence-corrected chi connectivity index (χ3v) is 6.63. The van der Waals surface area contributed by atoms with E-state index in [1.807, 2.05) is 0 Å². The molecule has 3 aliphatic carbocycles. The smallest absolute Gasteiger partial charge is 0.255 e. The summed E-state index contributed by atoms with van der Waals surface area (Å²) < 4.78 is 0. The number of rotatable bonds is 2. The van der Waals surface area contributed by atoms with Crippen LogP contribution < -0.4 is 5.73 Å². The van der Waals surface area contributed by atoms with Gasteiger partial charge in [-0.15, -0.1) is 0 Å². The number of aliphatic hydroxyl groups excluding tert-OH is 4. The molecule has 0 heterocycles. The lowest BCUT2D eigenvalue weighted by molar-refractivity contribution is -0.166. The molecule has 0 saturated heterocycles. The van der Waals surface area contributed by atoms with Crippen LogP contribution >= 0.6 is 0 Å². The first-order chi connectivity index (χ1) is 14.9. The molecule has 0 radical (unpaired) electrons. The largest absolute Gasteiger partial charge is 0.510 e. The lowest BCUT2D eigenvalue weighted by Crippen LogP contribution is -2.68. The van der Waals surface area contributed by atoms with Gasteiger partial charge in [0.05, 0.1) is 29.7 Å². The summed E-state index contributed by atoms with van der Waals surface area (Å²) >= 11 is 0. The van der Waals surface area contributed by atoms with E-state index in [0.29, 0.717) is 0 Å². The predicted octanol–water partition coefficient (Wildman–Crippen LogP) is -1.42. The number of nitrogens with zero attached hydrogens (tertiary/aromatic N) is 1. The standard InChI is InChI=1S/C21H22N2O9/c1-23(2)13-12-16(27)9-10(15(26)8-6(14(9)25)4-3-5-7(8)24)18(29)21(12,32)19(30)11(17(13)28)20(22)31/h3-5,9,12-14,16,24-25,27-29,32H,1-2H3,(H2,22,31)/t9-,12+,13-,14+,16-,21-/m0/s1. The number of amides is 1. The molecule has 3 aliphatic rings. The summed E-state index contributed by atoms with van der Waals surface area (Å²) in [4.78, 5) is 39.5. The molecule has 0 saturated carbocycles. The lowest BCUT2D eigenvalue weighted by Gasteiger charge is -2.53. The van der Waals surface area contributed by atoms with Crippen LogP contribution in [-0.4, -0.2) is 84.9 Å². The number of benzene rings is 1. The van der Waals surface area contributed by atoms with Crippen molar-refractivity contribution in [2.24, 2.45) is 17.6 Å². The van der Waals surface area contributed by atoms with E-state index in [0.717, 1.165) is 0 Å². The highest BCUT2D eigenvalue weighted by atomic mass is 16.4. The Hall–Kier alpha value is -3.25. The highest BCUT2D eigenvalue weighted by Gasteiger charge is 2.67. The fourth-order valence-electron chi connectivity index (χ4n) is 5.25. The van der Waals surface area contributed by atoms with E-state index in [1.54, 1.807) is 0 Å². The van der Waals surface area contributed by atoms with Gasteiger partial charge in [0.25, 0.3) is 5.91 Å². The molecule has 0 aliphatic heterocycles. The highest BCUT2D eigenvalue weighted by Crippen LogP contribution is 2.54. The predicted molar refractivity (Wildman–Crippen MR) is 106 cm³/mol. The van der Waals surface area contributed by atoms with Crippen molar-refractivity contribution in [3.8, 4) is 5.75 Å². The fraction of sp³-hybridized carbons (Fsp3) is 0.381. The van der Waals surface area contributed by atoms with Crippen LogP contribution in [0.5, 0.6) is 5.75 Å². The maximum absolute atomic E-state index is 13.2. The summed E-state index contributed by atoms with van der Waals surface area (Å²) in [6.45, 7) is 0. The molecular weight excluding hydrogens is 424 g/mol. The van der Waals surface area contributed by atoms with Crippen LogP contribution in [0.3, 0.4) is 0 Å². The minimum Gasteiger partial charge on any atom is -0.510 e. The van der Waals surface area contributed by atoms with Gasteiger partial charge >= 0.3 is 0 Å². The molecule has 4 rings (SSSR count). The maximum atomic E-state index is 13.2. The van der Waals surface area contributed by atoms with Gasteiger partial charge in [0.15, 0.2) is 11.4 Å². The summed E-state index contributed by atoms with van der Waals surface area (Å²) in [5.41, 5.74) is 0.205. The molecular formula is C21H22N2O9. The van der Waals surface area contributed by atoms with Crippen molar-refractivity contribution in [2.45, 2.75) is 23.9 Å². The van der Waals surface area contributed by atoms with Gasteiger partial charge in [-0.3, -0.25) is 19.3 Å². The second-order valence-corrected chi connectivity index (χ2v) is 8.45. The summed E-state index contributed by atoms with van der Waals surface area (Å²) in [5, 5.41) is 65.5. The van der Waals surface area contributed by atoms with Crippen LogP contribution in [0.2, 0.25) is 0 Å². The van der Waals surface area contributed by atoms with Gasteiger partial charge in [-0.1, -0.05) is 12.1 Å². The summed E-state index contributed by atoms with van der Waals surface area (Å²) in [5.74, 6) is -9.55. The SMILES string of the molecule is CN(C)[C@@H]1C(O)=C(C(N)=O)C(=O)[C@@]2(O)C(O)=C3C(=O)c4c(O)cccc4[C@@H](O)[C@H]3[C@H](O)[C@@H]12. The molecule has 1 aromatic carbocycles. The van der Waals surface area contributed by atoms with Gasteiger partial charge in [-0.05, 0) is 25.7 Å².